The van der Waals surface area contributed by atoms with Gasteiger partial charge in [0.1, 0.15) is 13.2 Å². The van der Waals surface area contributed by atoms with Gasteiger partial charge in [0, 0.05) is 17.5 Å². The van der Waals surface area contributed by atoms with E-state index < -0.39 is 11.5 Å². The zero-order chi connectivity index (χ0) is 19.9. The van der Waals surface area contributed by atoms with Gasteiger partial charge in [0.25, 0.3) is 0 Å². The summed E-state index contributed by atoms with van der Waals surface area (Å²) in [4.78, 5) is 23.2. The molecule has 148 valence electrons. The van der Waals surface area contributed by atoms with Crippen molar-refractivity contribution < 1.29 is 19.1 Å². The molecule has 0 unspecified atom stereocenters. The molecule has 0 radical (unpaired) electrons. The summed E-state index contributed by atoms with van der Waals surface area (Å²) >= 11 is 6.87. The molecule has 2 aromatic rings. The predicted molar refractivity (Wildman–Crippen MR) is 112 cm³/mol. The number of nitrogens with one attached hydrogen (secondary N) is 1. The Morgan fingerprint density at radius 1 is 1.07 bits per heavy atom. The lowest BCUT2D eigenvalue weighted by atomic mass is 9.98. The van der Waals surface area contributed by atoms with Crippen molar-refractivity contribution in [2.75, 3.05) is 25.2 Å². The van der Waals surface area contributed by atoms with Crippen LogP contribution in [0.2, 0.25) is 0 Å². The van der Waals surface area contributed by atoms with Gasteiger partial charge in [-0.2, -0.15) is 11.8 Å². The average Bonchev–Trinajstić information content (AvgIpc) is 3.02. The zero-order valence-corrected chi connectivity index (χ0v) is 17.1. The van der Waals surface area contributed by atoms with Crippen molar-refractivity contribution in [3.63, 3.8) is 0 Å². The Morgan fingerprint density at radius 2 is 1.68 bits per heavy atom. The van der Waals surface area contributed by atoms with E-state index in [9.17, 15) is 9.59 Å². The number of hydrogen-bond acceptors (Lipinski definition) is 5. The van der Waals surface area contributed by atoms with Crippen molar-refractivity contribution in [3.8, 4) is 11.1 Å². The zero-order valence-electron chi connectivity index (χ0n) is 15.5. The highest BCUT2D eigenvalue weighted by molar-refractivity contribution is 7.98. The lowest BCUT2D eigenvalue weighted by Crippen LogP contribution is -2.39. The highest BCUT2D eigenvalue weighted by atomic mass is 35.5. The van der Waals surface area contributed by atoms with E-state index >= 15 is 0 Å². The predicted octanol–water partition coefficient (Wildman–Crippen LogP) is 5.02. The van der Waals surface area contributed by atoms with Crippen LogP contribution in [0.1, 0.15) is 23.5 Å². The molecule has 5 nitrogen and oxygen atoms in total. The summed E-state index contributed by atoms with van der Waals surface area (Å²) in [5.74, 6) is 0.817. The van der Waals surface area contributed by atoms with E-state index in [0.717, 1.165) is 16.9 Å². The van der Waals surface area contributed by atoms with E-state index in [0.29, 0.717) is 6.42 Å². The Kier molecular flexibility index (Phi) is 7.23. The summed E-state index contributed by atoms with van der Waals surface area (Å²) < 4.78 is 10.3. The molecular weight excluding hydrogens is 398 g/mol. The summed E-state index contributed by atoms with van der Waals surface area (Å²) in [6.07, 6.45) is 2.09. The molecule has 1 N–H and O–H groups in total. The fourth-order valence-corrected chi connectivity index (χ4v) is 4.01. The van der Waals surface area contributed by atoms with E-state index in [2.05, 4.69) is 29.6 Å². The SMILES string of the molecule is CSCC[C@@H](COC(=O)Cl)NC(=O)OCC1c2ccccc2-c2ccccc21. The maximum atomic E-state index is 12.3. The second kappa shape index (κ2) is 9.85. The minimum Gasteiger partial charge on any atom is -0.452 e. The number of benzene rings is 2. The van der Waals surface area contributed by atoms with E-state index in [-0.39, 0.29) is 25.2 Å². The number of ether oxygens (including phenoxy) is 2. The number of amides is 1. The van der Waals surface area contributed by atoms with Gasteiger partial charge in [-0.1, -0.05) is 48.5 Å². The average molecular weight is 420 g/mol. The van der Waals surface area contributed by atoms with E-state index in [4.69, 9.17) is 21.1 Å². The van der Waals surface area contributed by atoms with Gasteiger partial charge >= 0.3 is 11.5 Å². The molecule has 7 heteroatoms. The summed E-state index contributed by atoms with van der Waals surface area (Å²) in [5.41, 5.74) is 3.79. The monoisotopic (exact) mass is 419 g/mol. The third-order valence-corrected chi connectivity index (χ3v) is 5.49. The van der Waals surface area contributed by atoms with E-state index in [1.807, 2.05) is 30.5 Å². The highest BCUT2D eigenvalue weighted by Gasteiger charge is 2.29. The van der Waals surface area contributed by atoms with Gasteiger partial charge in [0.2, 0.25) is 0 Å². The standard InChI is InChI=1S/C21H22ClNO4S/c1-28-11-10-14(12-26-20(22)24)23-21(25)27-13-19-17-8-4-2-6-15(17)16-7-3-5-9-18(16)19/h2-9,14,19H,10-13H2,1H3,(H,23,25)/t14-/m0/s1. The van der Waals surface area contributed by atoms with Crippen LogP contribution in [0.25, 0.3) is 11.1 Å². The minimum atomic E-state index is -0.886. The molecule has 0 spiro atoms. The molecule has 1 amide bonds. The molecule has 0 fully saturated rings. The number of hydrogen-bond donors (Lipinski definition) is 1. The summed E-state index contributed by atoms with van der Waals surface area (Å²) in [6.45, 7) is 0.261. The van der Waals surface area contributed by atoms with Crippen LogP contribution in [0.3, 0.4) is 0 Å². The fraction of sp³-hybridized carbons (Fsp3) is 0.333. The van der Waals surface area contributed by atoms with Gasteiger partial charge in [-0.05, 0) is 40.7 Å². The molecule has 1 aliphatic rings. The molecular formula is C21H22ClNO4S. The lowest BCUT2D eigenvalue weighted by Gasteiger charge is -2.19. The molecule has 0 saturated heterocycles. The van der Waals surface area contributed by atoms with Crippen LogP contribution in [-0.2, 0) is 9.47 Å². The number of thioether (sulfide) groups is 1. The Bertz CT molecular complexity index is 799. The van der Waals surface area contributed by atoms with Crippen molar-refractivity contribution in [2.24, 2.45) is 0 Å². The molecule has 0 bridgehead atoms. The second-order valence-electron chi connectivity index (χ2n) is 6.50. The molecule has 0 heterocycles. The summed E-state index contributed by atoms with van der Waals surface area (Å²) in [5, 5.41) is 2.77. The number of carbonyl (C=O) groups is 2. The quantitative estimate of drug-likeness (QED) is 0.608. The van der Waals surface area contributed by atoms with Crippen molar-refractivity contribution in [1.82, 2.24) is 5.32 Å². The van der Waals surface area contributed by atoms with Gasteiger partial charge < -0.3 is 14.8 Å². The molecule has 1 aliphatic carbocycles. The highest BCUT2D eigenvalue weighted by Crippen LogP contribution is 2.44. The molecule has 0 aromatic heterocycles. The van der Waals surface area contributed by atoms with Crippen LogP contribution in [0, 0.1) is 0 Å². The second-order valence-corrected chi connectivity index (χ2v) is 7.79. The maximum Gasteiger partial charge on any atom is 0.407 e. The van der Waals surface area contributed by atoms with Crippen LogP contribution in [0.15, 0.2) is 48.5 Å². The van der Waals surface area contributed by atoms with Crippen molar-refractivity contribution in [2.45, 2.75) is 18.4 Å². The van der Waals surface area contributed by atoms with Crippen molar-refractivity contribution in [3.05, 3.63) is 59.7 Å². The maximum absolute atomic E-state index is 12.3. The molecule has 0 aliphatic heterocycles. The number of fused-ring (bicyclic) bond motifs is 3. The Hall–Kier alpha value is -2.18. The summed E-state index contributed by atoms with van der Waals surface area (Å²) in [6, 6.07) is 16.0. The van der Waals surface area contributed by atoms with Crippen LogP contribution in [-0.4, -0.2) is 42.8 Å². The Labute approximate surface area is 173 Å². The number of rotatable bonds is 8. The fourth-order valence-electron chi connectivity index (χ4n) is 3.43. The van der Waals surface area contributed by atoms with Crippen molar-refractivity contribution >= 4 is 34.9 Å². The Balaban J connectivity index is 1.63. The Morgan fingerprint density at radius 3 is 2.25 bits per heavy atom. The largest absolute Gasteiger partial charge is 0.452 e. The van der Waals surface area contributed by atoms with Gasteiger partial charge in [0.05, 0.1) is 6.04 Å². The van der Waals surface area contributed by atoms with E-state index in [1.165, 1.54) is 11.1 Å². The lowest BCUT2D eigenvalue weighted by molar-refractivity contribution is 0.125. The van der Waals surface area contributed by atoms with Gasteiger partial charge in [0.15, 0.2) is 0 Å². The minimum absolute atomic E-state index is 0.00321. The first kappa shape index (κ1) is 20.6. The number of halogens is 1. The van der Waals surface area contributed by atoms with Gasteiger partial charge in [-0.3, -0.25) is 0 Å². The van der Waals surface area contributed by atoms with Gasteiger partial charge in [-0.25, -0.2) is 9.59 Å². The van der Waals surface area contributed by atoms with Crippen molar-refractivity contribution in [1.29, 1.82) is 0 Å². The van der Waals surface area contributed by atoms with Crippen LogP contribution < -0.4 is 5.32 Å². The topological polar surface area (TPSA) is 64.6 Å². The molecule has 1 atom stereocenters. The molecule has 0 saturated carbocycles. The normalized spacial score (nSPS) is 13.4. The molecule has 28 heavy (non-hydrogen) atoms. The van der Waals surface area contributed by atoms with Crippen LogP contribution >= 0.6 is 23.4 Å². The first-order valence-electron chi connectivity index (χ1n) is 9.03. The smallest absolute Gasteiger partial charge is 0.407 e. The third kappa shape index (κ3) is 5.00. The summed E-state index contributed by atoms with van der Waals surface area (Å²) in [7, 11) is 0. The first-order chi connectivity index (χ1) is 13.6. The number of alkyl carbamates (subject to hydrolysis) is 1. The van der Waals surface area contributed by atoms with Crippen LogP contribution in [0.4, 0.5) is 9.59 Å². The number of carbonyl (C=O) groups excluding carboxylic acids is 2. The van der Waals surface area contributed by atoms with Crippen LogP contribution in [0.5, 0.6) is 0 Å². The molecule has 2 aromatic carbocycles. The third-order valence-electron chi connectivity index (χ3n) is 4.73. The first-order valence-corrected chi connectivity index (χ1v) is 10.8. The molecule has 3 rings (SSSR count). The van der Waals surface area contributed by atoms with Gasteiger partial charge in [-0.15, -0.1) is 0 Å². The van der Waals surface area contributed by atoms with E-state index in [1.54, 1.807) is 11.8 Å².